The molecule has 5 nitrogen and oxygen atoms in total. The summed E-state index contributed by atoms with van der Waals surface area (Å²) in [4.78, 5) is 11.0. The summed E-state index contributed by atoms with van der Waals surface area (Å²) in [5, 5.41) is 22.8. The molecule has 0 saturated carbocycles. The highest BCUT2D eigenvalue weighted by molar-refractivity contribution is 5.92. The summed E-state index contributed by atoms with van der Waals surface area (Å²) in [7, 11) is 0. The number of aromatic hydroxyl groups is 1. The van der Waals surface area contributed by atoms with Gasteiger partial charge in [0.25, 0.3) is 0 Å². The van der Waals surface area contributed by atoms with E-state index in [-0.39, 0.29) is 11.3 Å². The highest BCUT2D eigenvalue weighted by atomic mass is 16.4. The molecule has 0 aliphatic heterocycles. The van der Waals surface area contributed by atoms with Crippen molar-refractivity contribution in [2.24, 2.45) is 0 Å². The van der Waals surface area contributed by atoms with Gasteiger partial charge in [-0.25, -0.2) is 4.79 Å². The minimum Gasteiger partial charge on any atom is -0.507 e. The van der Waals surface area contributed by atoms with Gasteiger partial charge in [0, 0.05) is 17.8 Å². The van der Waals surface area contributed by atoms with Crippen LogP contribution in [0.4, 0.5) is 0 Å². The van der Waals surface area contributed by atoms with Gasteiger partial charge in [-0.3, -0.25) is 4.68 Å². The topological polar surface area (TPSA) is 75.3 Å². The number of hydrogen-bond donors (Lipinski definition) is 2. The van der Waals surface area contributed by atoms with E-state index in [0.717, 1.165) is 29.8 Å². The molecule has 0 atom stereocenters. The van der Waals surface area contributed by atoms with E-state index in [1.54, 1.807) is 12.3 Å². The van der Waals surface area contributed by atoms with E-state index in [1.807, 2.05) is 11.6 Å². The Hall–Kier alpha value is -2.30. The predicted octanol–water partition coefficient (Wildman–Crippen LogP) is 2.67. The van der Waals surface area contributed by atoms with Crippen molar-refractivity contribution in [3.05, 3.63) is 35.7 Å². The zero-order chi connectivity index (χ0) is 14.0. The van der Waals surface area contributed by atoms with Gasteiger partial charge in [-0.05, 0) is 31.0 Å². The molecule has 0 fully saturated rings. The summed E-state index contributed by atoms with van der Waals surface area (Å²) in [5.41, 5.74) is 2.52. The summed E-state index contributed by atoms with van der Waals surface area (Å²) >= 11 is 0. The third kappa shape index (κ3) is 2.45. The van der Waals surface area contributed by atoms with Crippen LogP contribution in [0.25, 0.3) is 11.1 Å². The highest BCUT2D eigenvalue weighted by Crippen LogP contribution is 2.28. The van der Waals surface area contributed by atoms with Crippen LogP contribution >= 0.6 is 0 Å². The number of carboxylic acids is 1. The quantitative estimate of drug-likeness (QED) is 0.886. The first kappa shape index (κ1) is 13.1. The average Bonchev–Trinajstić information content (AvgIpc) is 2.72. The van der Waals surface area contributed by atoms with Crippen molar-refractivity contribution in [2.75, 3.05) is 0 Å². The summed E-state index contributed by atoms with van der Waals surface area (Å²) in [5.74, 6) is -1.37. The number of aromatic carboxylic acids is 1. The number of aromatic nitrogens is 2. The van der Waals surface area contributed by atoms with Crippen molar-refractivity contribution in [1.82, 2.24) is 9.78 Å². The fraction of sp³-hybridized carbons (Fsp3) is 0.286. The van der Waals surface area contributed by atoms with Crippen molar-refractivity contribution in [2.45, 2.75) is 26.8 Å². The van der Waals surface area contributed by atoms with Gasteiger partial charge in [-0.15, -0.1) is 0 Å². The predicted molar refractivity (Wildman–Crippen MR) is 71.3 cm³/mol. The lowest BCUT2D eigenvalue weighted by Gasteiger charge is -2.06. The summed E-state index contributed by atoms with van der Waals surface area (Å²) < 4.78 is 1.89. The molecule has 0 saturated heterocycles. The lowest BCUT2D eigenvalue weighted by molar-refractivity contribution is 0.0694. The van der Waals surface area contributed by atoms with Crippen LogP contribution in [0.3, 0.4) is 0 Å². The van der Waals surface area contributed by atoms with Crippen molar-refractivity contribution in [3.63, 3.8) is 0 Å². The Morgan fingerprint density at radius 3 is 2.79 bits per heavy atom. The summed E-state index contributed by atoms with van der Waals surface area (Å²) in [6.07, 6.45) is 2.71. The van der Waals surface area contributed by atoms with E-state index in [9.17, 15) is 9.90 Å². The number of carboxylic acid groups (broad SMARTS) is 1. The maximum atomic E-state index is 11.0. The first-order chi connectivity index (χ1) is 9.04. The van der Waals surface area contributed by atoms with Gasteiger partial charge >= 0.3 is 5.97 Å². The van der Waals surface area contributed by atoms with E-state index in [2.05, 4.69) is 12.0 Å². The van der Waals surface area contributed by atoms with Crippen LogP contribution < -0.4 is 0 Å². The molecular formula is C14H16N2O3. The summed E-state index contributed by atoms with van der Waals surface area (Å²) in [6, 6.07) is 4.56. The third-order valence-corrected chi connectivity index (χ3v) is 3.08. The average molecular weight is 260 g/mol. The molecule has 0 bridgehead atoms. The molecule has 0 aliphatic carbocycles. The maximum absolute atomic E-state index is 11.0. The second kappa shape index (κ2) is 5.14. The van der Waals surface area contributed by atoms with Gasteiger partial charge in [0.15, 0.2) is 0 Å². The molecule has 0 unspecified atom stereocenters. The van der Waals surface area contributed by atoms with Gasteiger partial charge in [-0.2, -0.15) is 5.10 Å². The molecule has 100 valence electrons. The van der Waals surface area contributed by atoms with E-state index in [0.29, 0.717) is 0 Å². The monoisotopic (exact) mass is 260 g/mol. The minimum absolute atomic E-state index is 0.0971. The fourth-order valence-corrected chi connectivity index (χ4v) is 2.04. The van der Waals surface area contributed by atoms with Crippen LogP contribution in [0.2, 0.25) is 0 Å². The lowest BCUT2D eigenvalue weighted by atomic mass is 10.0. The van der Waals surface area contributed by atoms with Crippen LogP contribution in [0, 0.1) is 6.92 Å². The number of phenols is 1. The van der Waals surface area contributed by atoms with E-state index >= 15 is 0 Å². The standard InChI is InChI=1S/C14H16N2O3/c1-3-6-16-9(2)12(8-15-16)10-4-5-13(17)11(7-10)14(18)19/h4-5,7-8,17H,3,6H2,1-2H3,(H,18,19). The zero-order valence-corrected chi connectivity index (χ0v) is 10.9. The molecule has 1 aromatic heterocycles. The van der Waals surface area contributed by atoms with Crippen LogP contribution in [-0.2, 0) is 6.54 Å². The van der Waals surface area contributed by atoms with Crippen LogP contribution in [0.15, 0.2) is 24.4 Å². The van der Waals surface area contributed by atoms with E-state index in [4.69, 9.17) is 5.11 Å². The highest BCUT2D eigenvalue weighted by Gasteiger charge is 2.14. The number of rotatable bonds is 4. The Morgan fingerprint density at radius 1 is 1.42 bits per heavy atom. The Morgan fingerprint density at radius 2 is 2.16 bits per heavy atom. The van der Waals surface area contributed by atoms with Gasteiger partial charge in [0.2, 0.25) is 0 Å². The SMILES string of the molecule is CCCn1ncc(-c2ccc(O)c(C(=O)O)c2)c1C. The molecule has 1 heterocycles. The molecular weight excluding hydrogens is 244 g/mol. The van der Waals surface area contributed by atoms with Crippen LogP contribution in [0.5, 0.6) is 5.75 Å². The largest absolute Gasteiger partial charge is 0.507 e. The number of aryl methyl sites for hydroxylation is 1. The summed E-state index contributed by atoms with van der Waals surface area (Å²) in [6.45, 7) is 4.85. The molecule has 0 amide bonds. The van der Waals surface area contributed by atoms with Gasteiger partial charge in [0.05, 0.1) is 6.20 Å². The van der Waals surface area contributed by atoms with Crippen LogP contribution in [-0.4, -0.2) is 26.0 Å². The maximum Gasteiger partial charge on any atom is 0.339 e. The molecule has 5 heteroatoms. The second-order valence-electron chi connectivity index (χ2n) is 4.40. The smallest absolute Gasteiger partial charge is 0.339 e. The van der Waals surface area contributed by atoms with Gasteiger partial charge < -0.3 is 10.2 Å². The van der Waals surface area contributed by atoms with Gasteiger partial charge in [-0.1, -0.05) is 13.0 Å². The second-order valence-corrected chi connectivity index (χ2v) is 4.40. The fourth-order valence-electron chi connectivity index (χ4n) is 2.04. The Labute approximate surface area is 111 Å². The Kier molecular flexibility index (Phi) is 3.55. The molecule has 1 aromatic carbocycles. The number of nitrogens with zero attached hydrogens (tertiary/aromatic N) is 2. The first-order valence-electron chi connectivity index (χ1n) is 6.13. The lowest BCUT2D eigenvalue weighted by Crippen LogP contribution is -2.01. The Bertz CT molecular complexity index is 617. The van der Waals surface area contributed by atoms with E-state index in [1.165, 1.54) is 12.1 Å². The molecule has 2 aromatic rings. The normalized spacial score (nSPS) is 10.6. The number of carbonyl (C=O) groups is 1. The van der Waals surface area contributed by atoms with Crippen molar-refractivity contribution >= 4 is 5.97 Å². The molecule has 0 radical (unpaired) electrons. The molecule has 0 aliphatic rings. The van der Waals surface area contributed by atoms with Gasteiger partial charge in [0.1, 0.15) is 11.3 Å². The van der Waals surface area contributed by atoms with E-state index < -0.39 is 5.97 Å². The third-order valence-electron chi connectivity index (χ3n) is 3.08. The molecule has 19 heavy (non-hydrogen) atoms. The zero-order valence-electron chi connectivity index (χ0n) is 10.9. The van der Waals surface area contributed by atoms with Crippen molar-refractivity contribution < 1.29 is 15.0 Å². The molecule has 0 spiro atoms. The number of hydrogen-bond acceptors (Lipinski definition) is 3. The van der Waals surface area contributed by atoms with Crippen LogP contribution in [0.1, 0.15) is 29.4 Å². The van der Waals surface area contributed by atoms with Crippen molar-refractivity contribution in [1.29, 1.82) is 0 Å². The first-order valence-corrected chi connectivity index (χ1v) is 6.13. The number of benzene rings is 1. The minimum atomic E-state index is -1.14. The Balaban J connectivity index is 2.47. The molecule has 2 rings (SSSR count). The molecule has 2 N–H and O–H groups in total. The van der Waals surface area contributed by atoms with Crippen molar-refractivity contribution in [3.8, 4) is 16.9 Å².